The Kier molecular flexibility index (Phi) is 4.57. The zero-order valence-corrected chi connectivity index (χ0v) is 14.2. The second-order valence-corrected chi connectivity index (χ2v) is 6.12. The lowest BCUT2D eigenvalue weighted by Gasteiger charge is -2.11. The molecule has 0 atom stereocenters. The van der Waals surface area contributed by atoms with Gasteiger partial charge in [0, 0.05) is 12.1 Å². The summed E-state index contributed by atoms with van der Waals surface area (Å²) in [5, 5.41) is 4.82. The molecule has 0 bridgehead atoms. The van der Waals surface area contributed by atoms with Crippen LogP contribution in [0.3, 0.4) is 0 Å². The number of carbonyl (C=O) groups excluding carboxylic acids is 1. The topological polar surface area (TPSA) is 70.4 Å². The average molecular weight is 349 g/mol. The summed E-state index contributed by atoms with van der Waals surface area (Å²) in [6, 6.07) is 6.62. The molecular formula is C17H17ClN2O4. The molecule has 1 aliphatic carbocycles. The third-order valence-electron chi connectivity index (χ3n) is 3.96. The van der Waals surface area contributed by atoms with Gasteiger partial charge in [-0.15, -0.1) is 0 Å². The van der Waals surface area contributed by atoms with Crippen LogP contribution in [0.25, 0.3) is 11.3 Å². The molecule has 0 radical (unpaired) electrons. The first-order valence-electron chi connectivity index (χ1n) is 7.58. The first kappa shape index (κ1) is 16.5. The summed E-state index contributed by atoms with van der Waals surface area (Å²) < 4.78 is 11.2. The monoisotopic (exact) mass is 348 g/mol. The highest BCUT2D eigenvalue weighted by Crippen LogP contribution is 2.31. The lowest BCUT2D eigenvalue weighted by Crippen LogP contribution is -2.30. The van der Waals surface area contributed by atoms with Gasteiger partial charge in [0.25, 0.3) is 5.56 Å². The normalized spacial score (nSPS) is 13.6. The Morgan fingerprint density at radius 3 is 2.67 bits per heavy atom. The van der Waals surface area contributed by atoms with E-state index in [2.05, 4.69) is 5.10 Å². The summed E-state index contributed by atoms with van der Waals surface area (Å²) in [7, 11) is 2.78. The Morgan fingerprint density at radius 1 is 1.33 bits per heavy atom. The van der Waals surface area contributed by atoms with Gasteiger partial charge >= 0.3 is 5.97 Å². The Balaban J connectivity index is 2.10. The molecule has 0 unspecified atom stereocenters. The van der Waals surface area contributed by atoms with E-state index in [1.54, 1.807) is 18.2 Å². The minimum Gasteiger partial charge on any atom is -0.495 e. The highest BCUT2D eigenvalue weighted by atomic mass is 35.5. The Hall–Kier alpha value is -2.34. The van der Waals surface area contributed by atoms with E-state index in [0.29, 0.717) is 34.5 Å². The number of benzene rings is 1. The molecule has 0 spiro atoms. The zero-order valence-electron chi connectivity index (χ0n) is 13.4. The van der Waals surface area contributed by atoms with Gasteiger partial charge in [0.1, 0.15) is 11.3 Å². The summed E-state index contributed by atoms with van der Waals surface area (Å²) in [6.45, 7) is 0.501. The van der Waals surface area contributed by atoms with Gasteiger partial charge in [0.2, 0.25) is 0 Å². The van der Waals surface area contributed by atoms with Gasteiger partial charge in [-0.1, -0.05) is 11.6 Å². The van der Waals surface area contributed by atoms with Crippen molar-refractivity contribution in [3.8, 4) is 17.0 Å². The van der Waals surface area contributed by atoms with E-state index in [1.807, 2.05) is 0 Å². The van der Waals surface area contributed by atoms with Crippen molar-refractivity contribution in [1.29, 1.82) is 0 Å². The van der Waals surface area contributed by atoms with Crippen molar-refractivity contribution in [3.05, 3.63) is 45.2 Å². The minimum absolute atomic E-state index is 0.0323. The number of hydrogen-bond acceptors (Lipinski definition) is 5. The molecule has 1 heterocycles. The van der Waals surface area contributed by atoms with E-state index in [-0.39, 0.29) is 5.56 Å². The molecule has 24 heavy (non-hydrogen) atoms. The highest BCUT2D eigenvalue weighted by molar-refractivity contribution is 6.32. The summed E-state index contributed by atoms with van der Waals surface area (Å²) >= 11 is 6.16. The smallest absolute Gasteiger partial charge is 0.343 e. The molecular weight excluding hydrogens is 332 g/mol. The van der Waals surface area contributed by atoms with Gasteiger partial charge < -0.3 is 9.47 Å². The predicted molar refractivity (Wildman–Crippen MR) is 89.6 cm³/mol. The number of nitrogens with zero attached hydrogens (tertiary/aromatic N) is 2. The molecule has 0 amide bonds. The van der Waals surface area contributed by atoms with E-state index < -0.39 is 11.5 Å². The second kappa shape index (κ2) is 6.65. The van der Waals surface area contributed by atoms with Crippen LogP contribution in [0.2, 0.25) is 5.02 Å². The lowest BCUT2D eigenvalue weighted by atomic mass is 10.1. The van der Waals surface area contributed by atoms with E-state index in [9.17, 15) is 9.59 Å². The lowest BCUT2D eigenvalue weighted by molar-refractivity contribution is 0.0597. The number of carbonyl (C=O) groups is 1. The van der Waals surface area contributed by atoms with Crippen LogP contribution in [0.15, 0.2) is 29.1 Å². The molecule has 7 heteroatoms. The van der Waals surface area contributed by atoms with Crippen molar-refractivity contribution in [2.75, 3.05) is 14.2 Å². The first-order chi connectivity index (χ1) is 11.5. The Bertz CT molecular complexity index is 843. The number of aromatic nitrogens is 2. The zero-order chi connectivity index (χ0) is 17.3. The maximum absolute atomic E-state index is 12.4. The second-order valence-electron chi connectivity index (χ2n) is 5.71. The summed E-state index contributed by atoms with van der Waals surface area (Å²) in [6.07, 6.45) is 2.14. The van der Waals surface area contributed by atoms with Crippen LogP contribution < -0.4 is 10.3 Å². The highest BCUT2D eigenvalue weighted by Gasteiger charge is 2.25. The minimum atomic E-state index is -0.673. The van der Waals surface area contributed by atoms with Crippen molar-refractivity contribution in [1.82, 2.24) is 9.78 Å². The summed E-state index contributed by atoms with van der Waals surface area (Å²) in [4.78, 5) is 24.4. The van der Waals surface area contributed by atoms with Gasteiger partial charge in [0.15, 0.2) is 0 Å². The molecule has 2 aromatic rings. The molecule has 0 aliphatic heterocycles. The first-order valence-corrected chi connectivity index (χ1v) is 7.95. The molecule has 6 nitrogen and oxygen atoms in total. The van der Waals surface area contributed by atoms with Crippen LogP contribution in [0.1, 0.15) is 23.2 Å². The van der Waals surface area contributed by atoms with Gasteiger partial charge in [-0.05, 0) is 43.0 Å². The van der Waals surface area contributed by atoms with Gasteiger partial charge in [-0.2, -0.15) is 5.10 Å². The quantitative estimate of drug-likeness (QED) is 0.777. The fraction of sp³-hybridized carbons (Fsp3) is 0.353. The number of halogens is 1. The van der Waals surface area contributed by atoms with Crippen molar-refractivity contribution < 1.29 is 14.3 Å². The molecule has 3 rings (SSSR count). The molecule has 0 saturated heterocycles. The number of hydrogen-bond donors (Lipinski definition) is 0. The summed E-state index contributed by atoms with van der Waals surface area (Å²) in [5.74, 6) is 0.308. The Morgan fingerprint density at radius 2 is 2.08 bits per heavy atom. The van der Waals surface area contributed by atoms with Crippen LogP contribution in [0.4, 0.5) is 0 Å². The van der Waals surface area contributed by atoms with Crippen molar-refractivity contribution >= 4 is 17.6 Å². The van der Waals surface area contributed by atoms with E-state index in [0.717, 1.165) is 12.8 Å². The van der Waals surface area contributed by atoms with Crippen molar-refractivity contribution in [2.24, 2.45) is 5.92 Å². The molecule has 1 saturated carbocycles. The standard InChI is InChI=1S/C17H17ClN2O4/c1-23-15-6-5-11(7-13(15)18)14-8-12(17(22)24-2)16(21)20(19-14)9-10-3-4-10/h5-8,10H,3-4,9H2,1-2H3. The molecule has 1 fully saturated rings. The summed E-state index contributed by atoms with van der Waals surface area (Å²) in [5.41, 5.74) is 0.711. The van der Waals surface area contributed by atoms with Crippen molar-refractivity contribution in [3.63, 3.8) is 0 Å². The number of methoxy groups -OCH3 is 2. The van der Waals surface area contributed by atoms with E-state index >= 15 is 0 Å². The number of esters is 1. The molecule has 0 N–H and O–H groups in total. The SMILES string of the molecule is COC(=O)c1cc(-c2ccc(OC)c(Cl)c2)nn(CC2CC2)c1=O. The van der Waals surface area contributed by atoms with Gasteiger partial charge in [-0.3, -0.25) is 4.79 Å². The van der Waals surface area contributed by atoms with Gasteiger partial charge in [0.05, 0.1) is 24.9 Å². The van der Waals surface area contributed by atoms with Gasteiger partial charge in [-0.25, -0.2) is 9.48 Å². The average Bonchev–Trinajstić information content (AvgIpc) is 3.40. The maximum Gasteiger partial charge on any atom is 0.343 e. The predicted octanol–water partition coefficient (Wildman–Crippen LogP) is 2.77. The maximum atomic E-state index is 12.4. The molecule has 1 aromatic carbocycles. The number of ether oxygens (including phenoxy) is 2. The van der Waals surface area contributed by atoms with E-state index in [1.165, 1.54) is 25.0 Å². The van der Waals surface area contributed by atoms with E-state index in [4.69, 9.17) is 21.1 Å². The van der Waals surface area contributed by atoms with Crippen LogP contribution in [-0.4, -0.2) is 30.0 Å². The molecule has 1 aliphatic rings. The van der Waals surface area contributed by atoms with Crippen LogP contribution in [-0.2, 0) is 11.3 Å². The molecule has 1 aromatic heterocycles. The fourth-order valence-electron chi connectivity index (χ4n) is 2.43. The van der Waals surface area contributed by atoms with Crippen LogP contribution in [0, 0.1) is 5.92 Å². The third kappa shape index (κ3) is 3.28. The van der Waals surface area contributed by atoms with Crippen LogP contribution in [0.5, 0.6) is 5.75 Å². The molecule has 126 valence electrons. The largest absolute Gasteiger partial charge is 0.495 e. The number of rotatable bonds is 5. The fourth-order valence-corrected chi connectivity index (χ4v) is 2.69. The van der Waals surface area contributed by atoms with Crippen LogP contribution >= 0.6 is 11.6 Å². The van der Waals surface area contributed by atoms with Crippen molar-refractivity contribution in [2.45, 2.75) is 19.4 Å². The Labute approximate surface area is 144 Å². The third-order valence-corrected chi connectivity index (χ3v) is 4.25.